The maximum atomic E-state index is 3.64. The number of benzene rings is 1. The van der Waals surface area contributed by atoms with Gasteiger partial charge in [-0.15, -0.1) is 0 Å². The molecule has 1 aromatic rings. The topological polar surface area (TPSA) is 15.3 Å². The van der Waals surface area contributed by atoms with Crippen LogP contribution < -0.4 is 5.32 Å². The highest BCUT2D eigenvalue weighted by atomic mass is 79.9. The molecule has 0 aromatic heterocycles. The highest BCUT2D eigenvalue weighted by Gasteiger charge is 2.20. The van der Waals surface area contributed by atoms with E-state index in [4.69, 9.17) is 0 Å². The molecule has 1 N–H and O–H groups in total. The first-order valence-electron chi connectivity index (χ1n) is 8.44. The highest BCUT2D eigenvalue weighted by molar-refractivity contribution is 9.10. The van der Waals surface area contributed by atoms with Gasteiger partial charge < -0.3 is 10.2 Å². The lowest BCUT2D eigenvalue weighted by Crippen LogP contribution is -2.35. The van der Waals surface area contributed by atoms with E-state index < -0.39 is 0 Å². The molecule has 3 heteroatoms. The fraction of sp³-hybridized carbons (Fsp3) is 0.667. The minimum Gasteiger partial charge on any atom is -0.310 e. The fourth-order valence-electron chi connectivity index (χ4n) is 3.09. The second-order valence-corrected chi connectivity index (χ2v) is 7.06. The van der Waals surface area contributed by atoms with Gasteiger partial charge in [0, 0.05) is 17.1 Å². The van der Waals surface area contributed by atoms with E-state index in [1.54, 1.807) is 0 Å². The van der Waals surface area contributed by atoms with Gasteiger partial charge >= 0.3 is 0 Å². The Labute approximate surface area is 138 Å². The molecule has 1 aliphatic carbocycles. The summed E-state index contributed by atoms with van der Waals surface area (Å²) in [5, 5.41) is 3.64. The van der Waals surface area contributed by atoms with Crippen molar-refractivity contribution in [1.29, 1.82) is 0 Å². The van der Waals surface area contributed by atoms with Crippen LogP contribution in [0.3, 0.4) is 0 Å². The van der Waals surface area contributed by atoms with Crippen molar-refractivity contribution in [3.05, 3.63) is 34.3 Å². The van der Waals surface area contributed by atoms with Gasteiger partial charge in [0.05, 0.1) is 0 Å². The van der Waals surface area contributed by atoms with Gasteiger partial charge in [0.2, 0.25) is 0 Å². The summed E-state index contributed by atoms with van der Waals surface area (Å²) >= 11 is 3.59. The Morgan fingerprint density at radius 1 is 1.33 bits per heavy atom. The molecule has 1 aliphatic rings. The molecule has 1 aromatic carbocycles. The Morgan fingerprint density at radius 2 is 2.14 bits per heavy atom. The SMILES string of the molecule is CCNC(CCN(CC)CC1CCC1)c1cccc(Br)c1. The lowest BCUT2D eigenvalue weighted by molar-refractivity contribution is 0.177. The molecule has 1 fully saturated rings. The summed E-state index contributed by atoms with van der Waals surface area (Å²) in [6.45, 7) is 9.17. The number of nitrogens with zero attached hydrogens (tertiary/aromatic N) is 1. The van der Waals surface area contributed by atoms with Crippen molar-refractivity contribution >= 4 is 15.9 Å². The monoisotopic (exact) mass is 352 g/mol. The number of rotatable bonds is 9. The van der Waals surface area contributed by atoms with Crippen LogP contribution in [0.1, 0.15) is 51.1 Å². The Balaban J connectivity index is 1.89. The minimum atomic E-state index is 0.461. The van der Waals surface area contributed by atoms with Crippen molar-refractivity contribution in [3.63, 3.8) is 0 Å². The van der Waals surface area contributed by atoms with Crippen molar-refractivity contribution < 1.29 is 0 Å². The largest absolute Gasteiger partial charge is 0.310 e. The van der Waals surface area contributed by atoms with Crippen molar-refractivity contribution in [2.75, 3.05) is 26.2 Å². The van der Waals surface area contributed by atoms with E-state index in [1.165, 1.54) is 55.4 Å². The molecule has 2 rings (SSSR count). The van der Waals surface area contributed by atoms with Crippen LogP contribution in [0.4, 0.5) is 0 Å². The van der Waals surface area contributed by atoms with Crippen LogP contribution in [-0.2, 0) is 0 Å². The number of hydrogen-bond donors (Lipinski definition) is 1. The van der Waals surface area contributed by atoms with Crippen LogP contribution in [0.2, 0.25) is 0 Å². The first kappa shape index (κ1) is 17.0. The standard InChI is InChI=1S/C18H29BrN2/c1-3-20-18(16-9-6-10-17(19)13-16)11-12-21(4-2)14-15-7-5-8-15/h6,9-10,13,15,18,20H,3-5,7-8,11-12,14H2,1-2H3. The molecule has 0 aliphatic heterocycles. The predicted octanol–water partition coefficient (Wildman–Crippen LogP) is 4.61. The minimum absolute atomic E-state index is 0.461. The summed E-state index contributed by atoms with van der Waals surface area (Å²) < 4.78 is 1.17. The van der Waals surface area contributed by atoms with Crippen molar-refractivity contribution in [2.24, 2.45) is 5.92 Å². The zero-order valence-corrected chi connectivity index (χ0v) is 15.0. The van der Waals surface area contributed by atoms with Gasteiger partial charge in [0.25, 0.3) is 0 Å². The summed E-state index contributed by atoms with van der Waals surface area (Å²) in [4.78, 5) is 2.63. The molecule has 1 atom stereocenters. The average Bonchev–Trinajstić information content (AvgIpc) is 2.44. The van der Waals surface area contributed by atoms with Gasteiger partial charge in [-0.25, -0.2) is 0 Å². The van der Waals surface area contributed by atoms with Gasteiger partial charge in [-0.1, -0.05) is 48.3 Å². The molecule has 1 unspecified atom stereocenters. The Morgan fingerprint density at radius 3 is 2.71 bits per heavy atom. The van der Waals surface area contributed by atoms with E-state index in [9.17, 15) is 0 Å². The van der Waals surface area contributed by atoms with Crippen molar-refractivity contribution in [2.45, 2.75) is 45.6 Å². The van der Waals surface area contributed by atoms with E-state index >= 15 is 0 Å². The third-order valence-electron chi connectivity index (χ3n) is 4.62. The quantitative estimate of drug-likeness (QED) is 0.697. The molecule has 118 valence electrons. The molecule has 1 saturated carbocycles. The van der Waals surface area contributed by atoms with Gasteiger partial charge in [0.1, 0.15) is 0 Å². The predicted molar refractivity (Wildman–Crippen MR) is 94.6 cm³/mol. The molecular formula is C18H29BrN2. The summed E-state index contributed by atoms with van der Waals surface area (Å²) in [5.74, 6) is 0.966. The van der Waals surface area contributed by atoms with E-state index in [2.05, 4.69) is 64.3 Å². The zero-order chi connectivity index (χ0) is 15.1. The number of halogens is 1. The van der Waals surface area contributed by atoms with Crippen LogP contribution >= 0.6 is 15.9 Å². The highest BCUT2D eigenvalue weighted by Crippen LogP contribution is 2.27. The van der Waals surface area contributed by atoms with Gasteiger partial charge in [-0.3, -0.25) is 0 Å². The normalized spacial score (nSPS) is 17.0. The van der Waals surface area contributed by atoms with E-state index in [1.807, 2.05) is 0 Å². The lowest BCUT2D eigenvalue weighted by atomic mass is 9.85. The fourth-order valence-corrected chi connectivity index (χ4v) is 3.50. The van der Waals surface area contributed by atoms with Gasteiger partial charge in [-0.05, 0) is 62.5 Å². The molecule has 0 amide bonds. The van der Waals surface area contributed by atoms with Crippen molar-refractivity contribution in [1.82, 2.24) is 10.2 Å². The Kier molecular flexibility index (Phi) is 7.21. The smallest absolute Gasteiger partial charge is 0.0332 e. The molecule has 0 bridgehead atoms. The van der Waals surface area contributed by atoms with E-state index in [0.29, 0.717) is 6.04 Å². The first-order valence-corrected chi connectivity index (χ1v) is 9.23. The molecule has 0 heterocycles. The second-order valence-electron chi connectivity index (χ2n) is 6.14. The number of hydrogen-bond acceptors (Lipinski definition) is 2. The van der Waals surface area contributed by atoms with Crippen LogP contribution in [0.25, 0.3) is 0 Å². The van der Waals surface area contributed by atoms with E-state index in [0.717, 1.165) is 12.5 Å². The third-order valence-corrected chi connectivity index (χ3v) is 5.12. The molecule has 0 radical (unpaired) electrons. The Bertz CT molecular complexity index is 417. The second kappa shape index (κ2) is 8.92. The number of nitrogens with one attached hydrogen (secondary N) is 1. The summed E-state index contributed by atoms with van der Waals surface area (Å²) in [6, 6.07) is 9.18. The maximum Gasteiger partial charge on any atom is 0.0332 e. The van der Waals surface area contributed by atoms with Crippen LogP contribution in [0.5, 0.6) is 0 Å². The maximum absolute atomic E-state index is 3.64. The zero-order valence-electron chi connectivity index (χ0n) is 13.4. The van der Waals surface area contributed by atoms with Crippen molar-refractivity contribution in [3.8, 4) is 0 Å². The van der Waals surface area contributed by atoms with E-state index in [-0.39, 0.29) is 0 Å². The summed E-state index contributed by atoms with van der Waals surface area (Å²) in [5.41, 5.74) is 1.39. The van der Waals surface area contributed by atoms with Gasteiger partial charge in [-0.2, -0.15) is 0 Å². The Hall–Kier alpha value is -0.380. The van der Waals surface area contributed by atoms with Crippen LogP contribution in [0, 0.1) is 5.92 Å². The first-order chi connectivity index (χ1) is 10.2. The van der Waals surface area contributed by atoms with Crippen LogP contribution in [-0.4, -0.2) is 31.1 Å². The summed E-state index contributed by atoms with van der Waals surface area (Å²) in [6.07, 6.45) is 5.52. The summed E-state index contributed by atoms with van der Waals surface area (Å²) in [7, 11) is 0. The lowest BCUT2D eigenvalue weighted by Gasteiger charge is -2.32. The molecule has 2 nitrogen and oxygen atoms in total. The molecule has 0 spiro atoms. The third kappa shape index (κ3) is 5.39. The molecular weight excluding hydrogens is 324 g/mol. The van der Waals surface area contributed by atoms with Crippen LogP contribution in [0.15, 0.2) is 28.7 Å². The molecule has 21 heavy (non-hydrogen) atoms. The molecule has 0 saturated heterocycles. The average molecular weight is 353 g/mol. The van der Waals surface area contributed by atoms with Gasteiger partial charge in [0.15, 0.2) is 0 Å².